The summed E-state index contributed by atoms with van der Waals surface area (Å²) in [6.07, 6.45) is 2.35. The third-order valence-corrected chi connectivity index (χ3v) is 6.20. The fourth-order valence-electron chi connectivity index (χ4n) is 3.85. The van der Waals surface area contributed by atoms with E-state index in [2.05, 4.69) is 33.6 Å². The molecule has 0 aliphatic heterocycles. The molecule has 4 atom stereocenters. The largest absolute Gasteiger partial charge is 0.480 e. The minimum Gasteiger partial charge on any atom is -0.480 e. The van der Waals surface area contributed by atoms with Gasteiger partial charge in [-0.05, 0) is 36.3 Å². The van der Waals surface area contributed by atoms with Crippen LogP contribution in [0.2, 0.25) is 0 Å². The minimum atomic E-state index is -1.15. The van der Waals surface area contributed by atoms with Crippen molar-refractivity contribution in [2.75, 3.05) is 5.75 Å². The van der Waals surface area contributed by atoms with Crippen molar-refractivity contribution in [3.05, 3.63) is 36.0 Å². The second-order valence-corrected chi connectivity index (χ2v) is 10.0. The summed E-state index contributed by atoms with van der Waals surface area (Å²) < 4.78 is 0. The average Bonchev–Trinajstić information content (AvgIpc) is 3.22. The summed E-state index contributed by atoms with van der Waals surface area (Å²) >= 11 is 4.19. The minimum absolute atomic E-state index is 0.0167. The molecule has 0 radical (unpaired) electrons. The smallest absolute Gasteiger partial charge is 0.326 e. The molecule has 3 amide bonds. The lowest BCUT2D eigenvalue weighted by Gasteiger charge is -2.26. The third kappa shape index (κ3) is 7.99. The maximum absolute atomic E-state index is 13.0. The van der Waals surface area contributed by atoms with Gasteiger partial charge < -0.3 is 31.8 Å². The van der Waals surface area contributed by atoms with Gasteiger partial charge in [0.1, 0.15) is 18.1 Å². The van der Waals surface area contributed by atoms with E-state index in [1.807, 2.05) is 38.1 Å². The van der Waals surface area contributed by atoms with Crippen molar-refractivity contribution < 1.29 is 24.3 Å². The van der Waals surface area contributed by atoms with E-state index in [9.17, 15) is 24.3 Å². The van der Waals surface area contributed by atoms with Crippen LogP contribution in [0.1, 0.15) is 39.7 Å². The molecule has 0 aliphatic rings. The summed E-state index contributed by atoms with van der Waals surface area (Å²) in [7, 11) is 0. The average molecular weight is 520 g/mol. The quantitative estimate of drug-likeness (QED) is 0.196. The molecule has 2 aromatic rings. The Hall–Kier alpha value is -3.05. The van der Waals surface area contributed by atoms with Gasteiger partial charge in [-0.3, -0.25) is 14.4 Å². The fourth-order valence-corrected chi connectivity index (χ4v) is 4.10. The van der Waals surface area contributed by atoms with Gasteiger partial charge in [-0.25, -0.2) is 4.79 Å². The van der Waals surface area contributed by atoms with Gasteiger partial charge in [0.15, 0.2) is 0 Å². The van der Waals surface area contributed by atoms with Crippen LogP contribution in [0.3, 0.4) is 0 Å². The number of aliphatic carboxylic acids is 1. The van der Waals surface area contributed by atoms with E-state index in [4.69, 9.17) is 5.73 Å². The zero-order chi connectivity index (χ0) is 27.0. The number of carbonyl (C=O) groups is 4. The molecule has 1 heterocycles. The molecule has 0 saturated carbocycles. The van der Waals surface area contributed by atoms with Gasteiger partial charge in [-0.2, -0.15) is 12.6 Å². The summed E-state index contributed by atoms with van der Waals surface area (Å²) in [6, 6.07) is 3.66. The van der Waals surface area contributed by atoms with Gasteiger partial charge in [0.2, 0.25) is 17.7 Å². The molecule has 36 heavy (non-hydrogen) atoms. The molecule has 0 spiro atoms. The summed E-state index contributed by atoms with van der Waals surface area (Å²) in [5.74, 6) is -3.20. The van der Waals surface area contributed by atoms with E-state index in [1.54, 1.807) is 20.0 Å². The molecule has 11 heteroatoms. The summed E-state index contributed by atoms with van der Waals surface area (Å²) in [5.41, 5.74) is 7.94. The van der Waals surface area contributed by atoms with Gasteiger partial charge >= 0.3 is 5.97 Å². The van der Waals surface area contributed by atoms with Crippen molar-refractivity contribution in [3.63, 3.8) is 0 Å². The van der Waals surface area contributed by atoms with Crippen molar-refractivity contribution in [1.29, 1.82) is 0 Å². The van der Waals surface area contributed by atoms with E-state index < -0.39 is 47.9 Å². The molecule has 0 bridgehead atoms. The molecular weight excluding hydrogens is 482 g/mol. The Morgan fingerprint density at radius 1 is 0.972 bits per heavy atom. The zero-order valence-electron chi connectivity index (χ0n) is 21.1. The van der Waals surface area contributed by atoms with Crippen molar-refractivity contribution >= 4 is 47.2 Å². The number of nitrogens with one attached hydrogen (secondary N) is 4. The number of aromatic amines is 1. The predicted molar refractivity (Wildman–Crippen MR) is 142 cm³/mol. The molecular formula is C25H37N5O5S. The van der Waals surface area contributed by atoms with Gasteiger partial charge in [0.25, 0.3) is 0 Å². The number of aromatic nitrogens is 1. The Kier molecular flexibility index (Phi) is 10.8. The van der Waals surface area contributed by atoms with Crippen LogP contribution in [-0.2, 0) is 25.6 Å². The monoisotopic (exact) mass is 519 g/mol. The number of nitrogens with two attached hydrogens (primary N) is 1. The third-order valence-electron chi connectivity index (χ3n) is 5.84. The summed E-state index contributed by atoms with van der Waals surface area (Å²) in [6.45, 7) is 7.12. The number of benzene rings is 1. The lowest BCUT2D eigenvalue weighted by molar-refractivity contribution is -0.143. The van der Waals surface area contributed by atoms with Crippen LogP contribution in [0.5, 0.6) is 0 Å². The number of thiol groups is 1. The van der Waals surface area contributed by atoms with Crippen LogP contribution < -0.4 is 21.7 Å². The highest BCUT2D eigenvalue weighted by Crippen LogP contribution is 2.18. The molecule has 7 N–H and O–H groups in total. The lowest BCUT2D eigenvalue weighted by atomic mass is 10.00. The maximum atomic E-state index is 13.0. The first-order valence-electron chi connectivity index (χ1n) is 12.0. The highest BCUT2D eigenvalue weighted by Gasteiger charge is 2.31. The second-order valence-electron chi connectivity index (χ2n) is 9.67. The lowest BCUT2D eigenvalue weighted by Crippen LogP contribution is -2.58. The molecule has 0 aliphatic carbocycles. The van der Waals surface area contributed by atoms with E-state index in [1.165, 1.54) is 0 Å². The Morgan fingerprint density at radius 3 is 2.17 bits per heavy atom. The standard InChI is InChI=1S/C25H37N5O5S/c1-13(2)9-19(23(32)30-21(14(3)4)25(34)35)28-24(33)20(12-36)29-22(31)17(26)10-15-11-27-18-8-6-5-7-16(15)18/h5-8,11,13-14,17,19-21,27,36H,9-10,12,26H2,1-4H3,(H,28,33)(H,29,31)(H,30,32)(H,34,35). The first kappa shape index (κ1) is 29.2. The number of carboxylic acids is 1. The van der Waals surface area contributed by atoms with Crippen LogP contribution >= 0.6 is 12.6 Å². The van der Waals surface area contributed by atoms with Gasteiger partial charge in [-0.1, -0.05) is 45.9 Å². The molecule has 0 saturated heterocycles. The number of fused-ring (bicyclic) bond motifs is 1. The Bertz CT molecular complexity index is 1070. The molecule has 4 unspecified atom stereocenters. The summed E-state index contributed by atoms with van der Waals surface area (Å²) in [4.78, 5) is 53.2. The molecule has 198 valence electrons. The van der Waals surface area contributed by atoms with Gasteiger partial charge in [0.05, 0.1) is 6.04 Å². The van der Waals surface area contributed by atoms with Gasteiger partial charge in [-0.15, -0.1) is 0 Å². The molecule has 2 rings (SSSR count). The number of amides is 3. The molecule has 10 nitrogen and oxygen atoms in total. The van der Waals surface area contributed by atoms with E-state index >= 15 is 0 Å². The van der Waals surface area contributed by atoms with Crippen LogP contribution in [0.25, 0.3) is 10.9 Å². The van der Waals surface area contributed by atoms with Crippen molar-refractivity contribution in [3.8, 4) is 0 Å². The normalized spacial score (nSPS) is 14.8. The van der Waals surface area contributed by atoms with Crippen molar-refractivity contribution in [1.82, 2.24) is 20.9 Å². The van der Waals surface area contributed by atoms with E-state index in [0.717, 1.165) is 16.5 Å². The van der Waals surface area contributed by atoms with E-state index in [-0.39, 0.29) is 30.4 Å². The van der Waals surface area contributed by atoms with E-state index in [0.29, 0.717) is 0 Å². The van der Waals surface area contributed by atoms with Crippen LogP contribution in [0.4, 0.5) is 0 Å². The highest BCUT2D eigenvalue weighted by atomic mass is 32.1. The SMILES string of the molecule is CC(C)CC(NC(=O)C(CS)NC(=O)C(N)Cc1c[nH]c2ccccc12)C(=O)NC(C(=O)O)C(C)C. The first-order chi connectivity index (χ1) is 16.9. The van der Waals surface area contributed by atoms with Gasteiger partial charge in [0, 0.05) is 22.9 Å². The summed E-state index contributed by atoms with van der Waals surface area (Å²) in [5, 5.41) is 18.1. The number of rotatable bonds is 13. The first-order valence-corrected chi connectivity index (χ1v) is 12.6. The molecule has 1 aromatic carbocycles. The number of para-hydroxylation sites is 1. The van der Waals surface area contributed by atoms with Crippen LogP contribution in [0.15, 0.2) is 30.5 Å². The maximum Gasteiger partial charge on any atom is 0.326 e. The highest BCUT2D eigenvalue weighted by molar-refractivity contribution is 7.80. The molecule has 1 aromatic heterocycles. The molecule has 0 fully saturated rings. The van der Waals surface area contributed by atoms with Crippen molar-refractivity contribution in [2.45, 2.75) is 64.7 Å². The topological polar surface area (TPSA) is 166 Å². The second kappa shape index (κ2) is 13.3. The van der Waals surface area contributed by atoms with Crippen molar-refractivity contribution in [2.24, 2.45) is 17.6 Å². The Labute approximate surface area is 216 Å². The number of hydrogen-bond donors (Lipinski definition) is 7. The number of carboxylic acid groups (broad SMARTS) is 1. The van der Waals surface area contributed by atoms with Crippen LogP contribution in [0, 0.1) is 11.8 Å². The number of carbonyl (C=O) groups excluding carboxylic acids is 3. The number of hydrogen-bond acceptors (Lipinski definition) is 6. The number of H-pyrrole nitrogens is 1. The fraction of sp³-hybridized carbons (Fsp3) is 0.520. The predicted octanol–water partition coefficient (Wildman–Crippen LogP) is 1.21. The van der Waals surface area contributed by atoms with Crippen LogP contribution in [-0.4, -0.2) is 63.7 Å². The Morgan fingerprint density at radius 2 is 1.58 bits per heavy atom. The Balaban J connectivity index is 2.05. The zero-order valence-corrected chi connectivity index (χ0v) is 22.0.